The van der Waals surface area contributed by atoms with E-state index in [-0.39, 0.29) is 17.2 Å². The lowest BCUT2D eigenvalue weighted by Gasteiger charge is -2.29. The number of rotatable bonds is 2. The zero-order chi connectivity index (χ0) is 17.0. The molecule has 0 saturated carbocycles. The predicted octanol–water partition coefficient (Wildman–Crippen LogP) is 1.54. The highest BCUT2D eigenvalue weighted by Gasteiger charge is 2.26. The van der Waals surface area contributed by atoms with Gasteiger partial charge in [0, 0.05) is 36.0 Å². The zero-order valence-corrected chi connectivity index (χ0v) is 13.7. The fourth-order valence-corrected chi connectivity index (χ4v) is 3.65. The molecule has 4 rings (SSSR count). The minimum Gasteiger partial charge on any atom is -0.487 e. The fraction of sp³-hybridized carbons (Fsp3) is 0.333. The lowest BCUT2D eigenvalue weighted by atomic mass is 10.0. The third-order valence-corrected chi connectivity index (χ3v) is 4.82. The van der Waals surface area contributed by atoms with E-state index in [1.165, 1.54) is 0 Å². The molecule has 0 aliphatic carbocycles. The number of hydrogen-bond acceptors (Lipinski definition) is 4. The molecule has 3 heterocycles. The van der Waals surface area contributed by atoms with Crippen molar-refractivity contribution in [3.8, 4) is 5.75 Å². The van der Waals surface area contributed by atoms with Crippen LogP contribution >= 0.6 is 0 Å². The highest BCUT2D eigenvalue weighted by Crippen LogP contribution is 2.38. The van der Waals surface area contributed by atoms with Crippen LogP contribution in [-0.2, 0) is 6.54 Å². The van der Waals surface area contributed by atoms with Crippen molar-refractivity contribution in [3.63, 3.8) is 0 Å². The fourth-order valence-electron chi connectivity index (χ4n) is 3.65. The number of aromatic nitrogens is 2. The molecule has 1 aliphatic heterocycles. The molecule has 24 heavy (non-hydrogen) atoms. The average Bonchev–Trinajstić information content (AvgIpc) is 2.58. The summed E-state index contributed by atoms with van der Waals surface area (Å²) in [6.07, 6.45) is 0. The summed E-state index contributed by atoms with van der Waals surface area (Å²) in [5.41, 5.74) is 8.05. The van der Waals surface area contributed by atoms with Gasteiger partial charge in [0.25, 0.3) is 11.1 Å². The second kappa shape index (κ2) is 5.21. The molecular formula is C18H19N3O3. The van der Waals surface area contributed by atoms with Crippen LogP contribution in [0.15, 0.2) is 33.9 Å². The van der Waals surface area contributed by atoms with Crippen LogP contribution in [0.25, 0.3) is 21.8 Å². The molecule has 0 radical (unpaired) electrons. The largest absolute Gasteiger partial charge is 0.487 e. The maximum atomic E-state index is 12.4. The van der Waals surface area contributed by atoms with Crippen molar-refractivity contribution >= 4 is 21.8 Å². The number of hydrogen-bond donors (Lipinski definition) is 1. The van der Waals surface area contributed by atoms with E-state index in [4.69, 9.17) is 10.5 Å². The summed E-state index contributed by atoms with van der Waals surface area (Å²) < 4.78 is 9.43. The van der Waals surface area contributed by atoms with Gasteiger partial charge in [-0.25, -0.2) is 0 Å². The quantitative estimate of drug-likeness (QED) is 0.725. The number of nitrogens with zero attached hydrogens (tertiary/aromatic N) is 2. The summed E-state index contributed by atoms with van der Waals surface area (Å²) >= 11 is 0. The Morgan fingerprint density at radius 1 is 1.21 bits per heavy atom. The Kier molecular flexibility index (Phi) is 3.25. The predicted molar refractivity (Wildman–Crippen MR) is 94.0 cm³/mol. The Bertz CT molecular complexity index is 1090. The molecule has 1 aliphatic rings. The maximum Gasteiger partial charge on any atom is 0.251 e. The number of pyridine rings is 2. The molecule has 0 fully saturated rings. The molecule has 0 saturated heterocycles. The van der Waals surface area contributed by atoms with E-state index in [2.05, 4.69) is 0 Å². The second-order valence-electron chi connectivity index (χ2n) is 6.19. The summed E-state index contributed by atoms with van der Waals surface area (Å²) in [5.74, 6) is 0.604. The van der Waals surface area contributed by atoms with Crippen LogP contribution in [0.1, 0.15) is 18.5 Å². The molecule has 2 N–H and O–H groups in total. The van der Waals surface area contributed by atoms with E-state index in [1.54, 1.807) is 27.3 Å². The van der Waals surface area contributed by atoms with Crippen LogP contribution in [-0.4, -0.2) is 22.3 Å². The van der Waals surface area contributed by atoms with Crippen LogP contribution in [0.5, 0.6) is 5.75 Å². The first-order valence-corrected chi connectivity index (χ1v) is 8.12. The number of nitrogens with two attached hydrogens (primary N) is 1. The van der Waals surface area contributed by atoms with E-state index in [1.807, 2.05) is 19.9 Å². The normalized spacial score (nSPS) is 16.5. The van der Waals surface area contributed by atoms with Crippen LogP contribution in [0, 0.1) is 6.92 Å². The molecule has 0 bridgehead atoms. The van der Waals surface area contributed by atoms with Gasteiger partial charge in [-0.15, -0.1) is 0 Å². The van der Waals surface area contributed by atoms with Gasteiger partial charge in [0.2, 0.25) is 0 Å². The Labute approximate surface area is 138 Å². The highest BCUT2D eigenvalue weighted by molar-refractivity contribution is 6.03. The number of fused-ring (bicyclic) bond motifs is 2. The minimum atomic E-state index is -0.197. The van der Waals surface area contributed by atoms with Crippen molar-refractivity contribution in [1.82, 2.24) is 9.13 Å². The summed E-state index contributed by atoms with van der Waals surface area (Å²) in [7, 11) is 0. The lowest BCUT2D eigenvalue weighted by Crippen LogP contribution is -2.36. The third kappa shape index (κ3) is 1.86. The molecule has 0 spiro atoms. The van der Waals surface area contributed by atoms with Crippen LogP contribution < -0.4 is 21.6 Å². The van der Waals surface area contributed by atoms with Gasteiger partial charge in [0.05, 0.1) is 17.1 Å². The molecule has 0 unspecified atom stereocenters. The van der Waals surface area contributed by atoms with Crippen molar-refractivity contribution in [2.24, 2.45) is 5.73 Å². The van der Waals surface area contributed by atoms with Gasteiger partial charge < -0.3 is 15.0 Å². The van der Waals surface area contributed by atoms with E-state index < -0.39 is 0 Å². The molecule has 3 aromatic rings. The molecule has 0 amide bonds. The molecular weight excluding hydrogens is 306 g/mol. The van der Waals surface area contributed by atoms with E-state index in [0.29, 0.717) is 25.4 Å². The van der Waals surface area contributed by atoms with E-state index >= 15 is 0 Å². The van der Waals surface area contributed by atoms with Gasteiger partial charge in [-0.1, -0.05) is 0 Å². The summed E-state index contributed by atoms with van der Waals surface area (Å²) in [4.78, 5) is 24.8. The second-order valence-corrected chi connectivity index (χ2v) is 6.19. The Balaban J connectivity index is 2.31. The van der Waals surface area contributed by atoms with Gasteiger partial charge in [-0.3, -0.25) is 14.2 Å². The third-order valence-electron chi connectivity index (χ3n) is 4.82. The topological polar surface area (TPSA) is 79.2 Å². The summed E-state index contributed by atoms with van der Waals surface area (Å²) in [6.45, 7) is 5.04. The smallest absolute Gasteiger partial charge is 0.251 e. The first-order valence-electron chi connectivity index (χ1n) is 8.12. The molecule has 1 aromatic carbocycles. The zero-order valence-electron chi connectivity index (χ0n) is 13.7. The molecule has 124 valence electrons. The number of aryl methyl sites for hydroxylation is 2. The standard InChI is InChI=1S/C18H19N3O3/c1-3-20-15(23)6-10(2)13-7-11-4-5-14(22)21-12(8-19)9-24-18(16(11)21)17(13)20/h4-7,12H,3,8-9,19H2,1-2H3/t12-/m0/s1. The molecule has 6 heteroatoms. The van der Waals surface area contributed by atoms with Crippen molar-refractivity contribution in [3.05, 3.63) is 50.5 Å². The average molecular weight is 325 g/mol. The van der Waals surface area contributed by atoms with Crippen LogP contribution in [0.3, 0.4) is 0 Å². The lowest BCUT2D eigenvalue weighted by molar-refractivity contribution is 0.239. The molecule has 6 nitrogen and oxygen atoms in total. The van der Waals surface area contributed by atoms with Crippen LogP contribution in [0.4, 0.5) is 0 Å². The SMILES string of the molecule is CCn1c(=O)cc(C)c2cc3ccc(=O)n4c3c(c21)OC[C@@H]4CN. The monoisotopic (exact) mass is 325 g/mol. The van der Waals surface area contributed by atoms with Gasteiger partial charge in [0.1, 0.15) is 6.61 Å². The summed E-state index contributed by atoms with van der Waals surface area (Å²) in [6, 6.07) is 6.84. The number of benzene rings is 1. The van der Waals surface area contributed by atoms with Crippen molar-refractivity contribution in [2.45, 2.75) is 26.4 Å². The van der Waals surface area contributed by atoms with E-state index in [0.717, 1.165) is 27.4 Å². The summed E-state index contributed by atoms with van der Waals surface area (Å²) in [5, 5.41) is 1.88. The molecule has 1 atom stereocenters. The van der Waals surface area contributed by atoms with Gasteiger partial charge in [-0.05, 0) is 31.5 Å². The van der Waals surface area contributed by atoms with Crippen molar-refractivity contribution < 1.29 is 4.74 Å². The Hall–Kier alpha value is -2.60. The molecule has 2 aromatic heterocycles. The first kappa shape index (κ1) is 15.0. The Morgan fingerprint density at radius 2 is 2.00 bits per heavy atom. The van der Waals surface area contributed by atoms with Crippen molar-refractivity contribution in [2.75, 3.05) is 13.2 Å². The van der Waals surface area contributed by atoms with Gasteiger partial charge in [0.15, 0.2) is 5.75 Å². The highest BCUT2D eigenvalue weighted by atomic mass is 16.5. The van der Waals surface area contributed by atoms with E-state index in [9.17, 15) is 9.59 Å². The van der Waals surface area contributed by atoms with Crippen LogP contribution in [0.2, 0.25) is 0 Å². The maximum absolute atomic E-state index is 12.4. The Morgan fingerprint density at radius 3 is 2.71 bits per heavy atom. The number of ether oxygens (including phenoxy) is 1. The van der Waals surface area contributed by atoms with Gasteiger partial charge >= 0.3 is 0 Å². The van der Waals surface area contributed by atoms with Gasteiger partial charge in [-0.2, -0.15) is 0 Å². The first-order chi connectivity index (χ1) is 11.6. The van der Waals surface area contributed by atoms with Crippen molar-refractivity contribution in [1.29, 1.82) is 0 Å². The minimum absolute atomic E-state index is 0.0625.